The number of benzene rings is 1. The average molecular weight is 383 g/mol. The molecule has 0 saturated heterocycles. The van der Waals surface area contributed by atoms with Crippen molar-refractivity contribution in [3.8, 4) is 0 Å². The fraction of sp³-hybridized carbons (Fsp3) is 0.0769. The van der Waals surface area contributed by atoms with Crippen molar-refractivity contribution in [2.75, 3.05) is 0 Å². The summed E-state index contributed by atoms with van der Waals surface area (Å²) in [6.45, 7) is 0.443. The van der Waals surface area contributed by atoms with Gasteiger partial charge in [-0.1, -0.05) is 6.07 Å². The predicted octanol–water partition coefficient (Wildman–Crippen LogP) is 2.93. The number of carbonyl (C=O) groups excluding carboxylic acids is 1. The smallest absolute Gasteiger partial charge is 0.251 e. The van der Waals surface area contributed by atoms with Gasteiger partial charge >= 0.3 is 0 Å². The first kappa shape index (κ1) is 12.6. The van der Waals surface area contributed by atoms with E-state index in [0.29, 0.717) is 12.1 Å². The fourth-order valence-electron chi connectivity index (χ4n) is 1.76. The van der Waals surface area contributed by atoms with Crippen molar-refractivity contribution < 1.29 is 4.79 Å². The topological polar surface area (TPSA) is 46.4 Å². The Morgan fingerprint density at radius 3 is 3.16 bits per heavy atom. The summed E-state index contributed by atoms with van der Waals surface area (Å²) >= 11 is 3.77. The van der Waals surface area contributed by atoms with Crippen LogP contribution in [0.3, 0.4) is 0 Å². The van der Waals surface area contributed by atoms with E-state index in [1.54, 1.807) is 11.3 Å². The minimum absolute atomic E-state index is 0.0742. The molecule has 0 aliphatic rings. The number of halogens is 1. The largest absolute Gasteiger partial charge is 0.346 e. The SMILES string of the molecule is O=C(NCc1cn2ccsc2n1)c1cccc(I)c1. The monoisotopic (exact) mass is 383 g/mol. The van der Waals surface area contributed by atoms with Crippen LogP contribution < -0.4 is 5.32 Å². The van der Waals surface area contributed by atoms with Crippen molar-refractivity contribution in [1.82, 2.24) is 14.7 Å². The number of aromatic nitrogens is 2. The van der Waals surface area contributed by atoms with Gasteiger partial charge in [0.05, 0.1) is 12.2 Å². The fourth-order valence-corrected chi connectivity index (χ4v) is 3.03. The Balaban J connectivity index is 1.69. The summed E-state index contributed by atoms with van der Waals surface area (Å²) in [5.41, 5.74) is 1.54. The number of imidazole rings is 1. The first-order valence-corrected chi connectivity index (χ1v) is 7.63. The number of hydrogen-bond acceptors (Lipinski definition) is 3. The van der Waals surface area contributed by atoms with Gasteiger partial charge in [0.1, 0.15) is 0 Å². The second kappa shape index (κ2) is 5.30. The lowest BCUT2D eigenvalue weighted by Gasteiger charge is -2.03. The van der Waals surface area contributed by atoms with E-state index in [4.69, 9.17) is 0 Å². The molecule has 96 valence electrons. The Morgan fingerprint density at radius 2 is 2.37 bits per heavy atom. The Bertz CT molecular complexity index is 706. The zero-order chi connectivity index (χ0) is 13.2. The summed E-state index contributed by atoms with van der Waals surface area (Å²) in [5, 5.41) is 4.86. The highest BCUT2D eigenvalue weighted by molar-refractivity contribution is 14.1. The molecule has 19 heavy (non-hydrogen) atoms. The van der Waals surface area contributed by atoms with E-state index in [-0.39, 0.29) is 5.91 Å². The molecule has 0 saturated carbocycles. The molecule has 0 fully saturated rings. The van der Waals surface area contributed by atoms with Gasteiger partial charge in [0.2, 0.25) is 0 Å². The van der Waals surface area contributed by atoms with E-state index in [1.165, 1.54) is 0 Å². The van der Waals surface area contributed by atoms with Crippen LogP contribution in [0.15, 0.2) is 42.0 Å². The van der Waals surface area contributed by atoms with Crippen LogP contribution in [0.4, 0.5) is 0 Å². The molecule has 4 nitrogen and oxygen atoms in total. The number of hydrogen-bond donors (Lipinski definition) is 1. The average Bonchev–Trinajstić information content (AvgIpc) is 2.96. The predicted molar refractivity (Wildman–Crippen MR) is 83.4 cm³/mol. The van der Waals surface area contributed by atoms with E-state index < -0.39 is 0 Å². The summed E-state index contributed by atoms with van der Waals surface area (Å²) in [4.78, 5) is 17.3. The number of thiazole rings is 1. The molecule has 0 radical (unpaired) electrons. The van der Waals surface area contributed by atoms with E-state index >= 15 is 0 Å². The highest BCUT2D eigenvalue weighted by Crippen LogP contribution is 2.11. The molecule has 0 unspecified atom stereocenters. The van der Waals surface area contributed by atoms with Crippen LogP contribution in [0.1, 0.15) is 16.1 Å². The minimum Gasteiger partial charge on any atom is -0.346 e. The third-order valence-electron chi connectivity index (χ3n) is 2.66. The molecule has 1 aromatic carbocycles. The number of nitrogens with one attached hydrogen (secondary N) is 1. The summed E-state index contributed by atoms with van der Waals surface area (Å²) in [6, 6.07) is 7.51. The lowest BCUT2D eigenvalue weighted by Crippen LogP contribution is -2.22. The first-order valence-electron chi connectivity index (χ1n) is 5.67. The van der Waals surface area contributed by atoms with Gasteiger partial charge in [-0.25, -0.2) is 4.98 Å². The van der Waals surface area contributed by atoms with Crippen LogP contribution in [-0.2, 0) is 6.54 Å². The van der Waals surface area contributed by atoms with Crippen LogP contribution in [-0.4, -0.2) is 15.3 Å². The molecule has 3 aromatic rings. The molecule has 3 rings (SSSR count). The highest BCUT2D eigenvalue weighted by atomic mass is 127. The highest BCUT2D eigenvalue weighted by Gasteiger charge is 2.07. The number of nitrogens with zero attached hydrogens (tertiary/aromatic N) is 2. The van der Waals surface area contributed by atoms with E-state index in [0.717, 1.165) is 14.2 Å². The Kier molecular flexibility index (Phi) is 3.52. The second-order valence-electron chi connectivity index (χ2n) is 4.02. The van der Waals surface area contributed by atoms with Gasteiger partial charge in [-0.05, 0) is 40.8 Å². The number of fused-ring (bicyclic) bond motifs is 1. The van der Waals surface area contributed by atoms with E-state index in [1.807, 2.05) is 46.4 Å². The van der Waals surface area contributed by atoms with Gasteiger partial charge in [-0.3, -0.25) is 9.20 Å². The van der Waals surface area contributed by atoms with Crippen molar-refractivity contribution in [2.24, 2.45) is 0 Å². The zero-order valence-electron chi connectivity index (χ0n) is 9.84. The number of amides is 1. The second-order valence-corrected chi connectivity index (χ2v) is 6.14. The maximum absolute atomic E-state index is 12.0. The van der Waals surface area contributed by atoms with Crippen molar-refractivity contribution in [3.63, 3.8) is 0 Å². The Labute approximate surface area is 127 Å². The molecule has 2 aromatic heterocycles. The van der Waals surface area contributed by atoms with Crippen LogP contribution in [0.5, 0.6) is 0 Å². The van der Waals surface area contributed by atoms with Crippen molar-refractivity contribution in [1.29, 1.82) is 0 Å². The summed E-state index contributed by atoms with van der Waals surface area (Å²) in [5.74, 6) is -0.0742. The third kappa shape index (κ3) is 2.79. The normalized spacial score (nSPS) is 10.8. The van der Waals surface area contributed by atoms with Gasteiger partial charge < -0.3 is 5.32 Å². The third-order valence-corrected chi connectivity index (χ3v) is 4.10. The van der Waals surface area contributed by atoms with Crippen LogP contribution >= 0.6 is 33.9 Å². The summed E-state index contributed by atoms with van der Waals surface area (Å²) in [7, 11) is 0. The van der Waals surface area contributed by atoms with Gasteiger partial charge in [0.15, 0.2) is 4.96 Å². The number of carbonyl (C=O) groups is 1. The molecular formula is C13H10IN3OS. The van der Waals surface area contributed by atoms with Crippen molar-refractivity contribution >= 4 is 44.8 Å². The van der Waals surface area contributed by atoms with E-state index in [2.05, 4.69) is 32.9 Å². The lowest BCUT2D eigenvalue weighted by atomic mass is 10.2. The molecule has 6 heteroatoms. The molecule has 0 bridgehead atoms. The van der Waals surface area contributed by atoms with E-state index in [9.17, 15) is 4.79 Å². The standard InChI is InChI=1S/C13H10IN3OS/c14-10-3-1-2-9(6-10)12(18)15-7-11-8-17-4-5-19-13(17)16-11/h1-6,8H,7H2,(H,15,18). The molecule has 0 aliphatic carbocycles. The molecule has 2 heterocycles. The molecule has 0 aliphatic heterocycles. The van der Waals surface area contributed by atoms with Gasteiger partial charge in [0, 0.05) is 26.9 Å². The molecule has 0 atom stereocenters. The summed E-state index contributed by atoms with van der Waals surface area (Å²) in [6.07, 6.45) is 3.89. The van der Waals surface area contributed by atoms with Crippen LogP contribution in [0.25, 0.3) is 4.96 Å². The lowest BCUT2D eigenvalue weighted by molar-refractivity contribution is 0.0950. The van der Waals surface area contributed by atoms with Crippen molar-refractivity contribution in [2.45, 2.75) is 6.54 Å². The zero-order valence-corrected chi connectivity index (χ0v) is 12.8. The van der Waals surface area contributed by atoms with Crippen LogP contribution in [0, 0.1) is 3.57 Å². The van der Waals surface area contributed by atoms with Gasteiger partial charge in [-0.2, -0.15) is 0 Å². The Hall–Kier alpha value is -1.41. The molecular weight excluding hydrogens is 373 g/mol. The van der Waals surface area contributed by atoms with Gasteiger partial charge in [0.25, 0.3) is 5.91 Å². The Morgan fingerprint density at radius 1 is 1.47 bits per heavy atom. The van der Waals surface area contributed by atoms with Crippen molar-refractivity contribution in [3.05, 3.63) is 56.9 Å². The molecule has 0 spiro atoms. The van der Waals surface area contributed by atoms with Crippen LogP contribution in [0.2, 0.25) is 0 Å². The summed E-state index contributed by atoms with van der Waals surface area (Å²) < 4.78 is 3.00. The quantitative estimate of drug-likeness (QED) is 0.707. The van der Waals surface area contributed by atoms with Gasteiger partial charge in [-0.15, -0.1) is 11.3 Å². The molecule has 1 N–H and O–H groups in total. The molecule has 1 amide bonds. The maximum Gasteiger partial charge on any atom is 0.251 e. The number of rotatable bonds is 3. The first-order chi connectivity index (χ1) is 9.22. The maximum atomic E-state index is 12.0. The minimum atomic E-state index is -0.0742.